The van der Waals surface area contributed by atoms with Gasteiger partial charge in [-0.2, -0.15) is 0 Å². The first-order valence-electron chi connectivity index (χ1n) is 15.4. The molecule has 46 heavy (non-hydrogen) atoms. The van der Waals surface area contributed by atoms with E-state index in [1.54, 1.807) is 6.07 Å². The second-order valence-corrected chi connectivity index (χ2v) is 11.3. The quantitative estimate of drug-likeness (QED) is 0.173. The van der Waals surface area contributed by atoms with Crippen LogP contribution in [-0.2, 0) is 0 Å². The third kappa shape index (κ3) is 6.13. The Morgan fingerprint density at radius 2 is 0.826 bits per heavy atom. The zero-order valence-corrected chi connectivity index (χ0v) is 25.2. The first-order valence-corrected chi connectivity index (χ1v) is 15.4. The number of hydrogen-bond donors (Lipinski definition) is 2. The molecule has 0 aliphatic rings. The summed E-state index contributed by atoms with van der Waals surface area (Å²) in [6.45, 7) is 0. The molecule has 0 atom stereocenters. The predicted molar refractivity (Wildman–Crippen MR) is 193 cm³/mol. The molecule has 220 valence electrons. The van der Waals surface area contributed by atoms with Crippen LogP contribution in [0.4, 0.5) is 17.1 Å². The van der Waals surface area contributed by atoms with Gasteiger partial charge in [-0.3, -0.25) is 0 Å². The summed E-state index contributed by atoms with van der Waals surface area (Å²) in [4.78, 5) is 2.27. The Morgan fingerprint density at radius 3 is 1.48 bits per heavy atom. The minimum Gasteiger partial charge on any atom is -0.423 e. The molecule has 7 aromatic carbocycles. The standard InChI is InChI=1S/C42H32BNO2/c45-43(46)37-19-11-18-36(29-37)41-27-26-40(30-42(41)33-14-6-2-7-15-33)44(38-20-8-3-9-21-38)39-24-22-32(23-25-39)35-17-10-16-34(28-35)31-12-4-1-5-13-31/h1-30,45-46H. The van der Waals surface area contributed by atoms with Gasteiger partial charge in [0.2, 0.25) is 0 Å². The van der Waals surface area contributed by atoms with Gasteiger partial charge in [0, 0.05) is 17.1 Å². The lowest BCUT2D eigenvalue weighted by Gasteiger charge is -2.27. The van der Waals surface area contributed by atoms with Crippen molar-refractivity contribution in [2.45, 2.75) is 0 Å². The molecule has 4 heteroatoms. The van der Waals surface area contributed by atoms with Crippen LogP contribution >= 0.6 is 0 Å². The molecule has 0 bridgehead atoms. The monoisotopic (exact) mass is 593 g/mol. The Bertz CT molecular complexity index is 2060. The van der Waals surface area contributed by atoms with Crippen LogP contribution in [0.5, 0.6) is 0 Å². The van der Waals surface area contributed by atoms with Gasteiger partial charge in [0.1, 0.15) is 0 Å². The molecule has 7 rings (SSSR count). The van der Waals surface area contributed by atoms with Crippen LogP contribution in [0.15, 0.2) is 182 Å². The summed E-state index contributed by atoms with van der Waals surface area (Å²) in [5, 5.41) is 19.7. The summed E-state index contributed by atoms with van der Waals surface area (Å²) in [5.74, 6) is 0. The normalized spacial score (nSPS) is 10.8. The Hall–Kier alpha value is -5.68. The van der Waals surface area contributed by atoms with Crippen molar-refractivity contribution in [3.05, 3.63) is 182 Å². The second-order valence-electron chi connectivity index (χ2n) is 11.3. The molecule has 0 unspecified atom stereocenters. The van der Waals surface area contributed by atoms with E-state index in [4.69, 9.17) is 0 Å². The predicted octanol–water partition coefficient (Wildman–Crippen LogP) is 9.50. The van der Waals surface area contributed by atoms with Crippen LogP contribution in [0.3, 0.4) is 0 Å². The average Bonchev–Trinajstić information content (AvgIpc) is 3.13. The molecular weight excluding hydrogens is 561 g/mol. The third-order valence-corrected chi connectivity index (χ3v) is 8.28. The van der Waals surface area contributed by atoms with E-state index in [9.17, 15) is 10.0 Å². The molecule has 0 fully saturated rings. The van der Waals surface area contributed by atoms with Gasteiger partial charge in [-0.15, -0.1) is 0 Å². The van der Waals surface area contributed by atoms with Crippen LogP contribution in [0.1, 0.15) is 0 Å². The lowest BCUT2D eigenvalue weighted by Crippen LogP contribution is -2.29. The maximum atomic E-state index is 9.86. The highest BCUT2D eigenvalue weighted by Crippen LogP contribution is 2.41. The molecule has 7 aromatic rings. The minimum absolute atomic E-state index is 0.459. The van der Waals surface area contributed by atoms with Crippen molar-refractivity contribution in [2.24, 2.45) is 0 Å². The minimum atomic E-state index is -1.53. The van der Waals surface area contributed by atoms with Crippen molar-refractivity contribution in [1.29, 1.82) is 0 Å². The van der Waals surface area contributed by atoms with Gasteiger partial charge in [-0.25, -0.2) is 0 Å². The maximum Gasteiger partial charge on any atom is 0.488 e. The van der Waals surface area contributed by atoms with E-state index in [1.807, 2.05) is 48.5 Å². The summed E-state index contributed by atoms with van der Waals surface area (Å²) in [5.41, 5.74) is 12.4. The van der Waals surface area contributed by atoms with E-state index in [2.05, 4.69) is 132 Å². The Balaban J connectivity index is 1.31. The van der Waals surface area contributed by atoms with Crippen LogP contribution < -0.4 is 10.4 Å². The van der Waals surface area contributed by atoms with E-state index in [0.29, 0.717) is 5.46 Å². The zero-order chi connectivity index (χ0) is 31.3. The van der Waals surface area contributed by atoms with E-state index in [0.717, 1.165) is 44.9 Å². The molecule has 0 aliphatic carbocycles. The SMILES string of the molecule is OB(O)c1cccc(-c2ccc(N(c3ccccc3)c3ccc(-c4cccc(-c5ccccc5)c4)cc3)cc2-c2ccccc2)c1. The molecule has 0 radical (unpaired) electrons. The van der Waals surface area contributed by atoms with Gasteiger partial charge in [0.05, 0.1) is 0 Å². The number of anilines is 3. The molecule has 0 aromatic heterocycles. The third-order valence-electron chi connectivity index (χ3n) is 8.28. The van der Waals surface area contributed by atoms with Crippen molar-refractivity contribution in [3.8, 4) is 44.5 Å². The number of benzene rings is 7. The van der Waals surface area contributed by atoms with Crippen molar-refractivity contribution in [2.75, 3.05) is 4.90 Å². The highest BCUT2D eigenvalue weighted by molar-refractivity contribution is 6.58. The molecule has 0 amide bonds. The van der Waals surface area contributed by atoms with Gasteiger partial charge < -0.3 is 14.9 Å². The average molecular weight is 594 g/mol. The highest BCUT2D eigenvalue weighted by Gasteiger charge is 2.18. The molecule has 0 saturated heterocycles. The van der Waals surface area contributed by atoms with Crippen LogP contribution in [0.25, 0.3) is 44.5 Å². The molecule has 0 heterocycles. The second kappa shape index (κ2) is 13.1. The Labute approximate surface area is 270 Å². The first kappa shape index (κ1) is 29.1. The topological polar surface area (TPSA) is 43.7 Å². The zero-order valence-electron chi connectivity index (χ0n) is 25.2. The summed E-state index contributed by atoms with van der Waals surface area (Å²) >= 11 is 0. The fraction of sp³-hybridized carbons (Fsp3) is 0. The van der Waals surface area contributed by atoms with E-state index < -0.39 is 7.12 Å². The lowest BCUT2D eigenvalue weighted by atomic mass is 9.78. The van der Waals surface area contributed by atoms with Gasteiger partial charge in [-0.05, 0) is 92.4 Å². The largest absolute Gasteiger partial charge is 0.488 e. The smallest absolute Gasteiger partial charge is 0.423 e. The maximum absolute atomic E-state index is 9.86. The van der Waals surface area contributed by atoms with Crippen molar-refractivity contribution >= 4 is 29.6 Å². The number of para-hydroxylation sites is 1. The van der Waals surface area contributed by atoms with Crippen LogP contribution in [0, 0.1) is 0 Å². The Morgan fingerprint density at radius 1 is 0.326 bits per heavy atom. The van der Waals surface area contributed by atoms with Gasteiger partial charge in [0.25, 0.3) is 0 Å². The summed E-state index contributed by atoms with van der Waals surface area (Å²) in [6.07, 6.45) is 0. The fourth-order valence-corrected chi connectivity index (χ4v) is 5.98. The van der Waals surface area contributed by atoms with Crippen LogP contribution in [0.2, 0.25) is 0 Å². The molecule has 2 N–H and O–H groups in total. The van der Waals surface area contributed by atoms with Crippen molar-refractivity contribution in [1.82, 2.24) is 0 Å². The van der Waals surface area contributed by atoms with Crippen molar-refractivity contribution < 1.29 is 10.0 Å². The number of hydrogen-bond acceptors (Lipinski definition) is 3. The number of rotatable bonds is 8. The first-order chi connectivity index (χ1) is 22.6. The van der Waals surface area contributed by atoms with E-state index in [-0.39, 0.29) is 0 Å². The fourth-order valence-electron chi connectivity index (χ4n) is 5.98. The van der Waals surface area contributed by atoms with Crippen molar-refractivity contribution in [3.63, 3.8) is 0 Å². The van der Waals surface area contributed by atoms with Gasteiger partial charge in [0.15, 0.2) is 0 Å². The Kier molecular flexibility index (Phi) is 8.29. The van der Waals surface area contributed by atoms with E-state index >= 15 is 0 Å². The summed E-state index contributed by atoms with van der Waals surface area (Å²) in [6, 6.07) is 62.5. The summed E-state index contributed by atoms with van der Waals surface area (Å²) in [7, 11) is -1.53. The van der Waals surface area contributed by atoms with Gasteiger partial charge in [-0.1, -0.05) is 140 Å². The summed E-state index contributed by atoms with van der Waals surface area (Å²) < 4.78 is 0. The molecule has 0 aliphatic heterocycles. The van der Waals surface area contributed by atoms with Crippen LogP contribution in [-0.4, -0.2) is 17.2 Å². The molecule has 0 spiro atoms. The molecule has 3 nitrogen and oxygen atoms in total. The number of nitrogens with zero attached hydrogens (tertiary/aromatic N) is 1. The van der Waals surface area contributed by atoms with E-state index in [1.165, 1.54) is 16.7 Å². The lowest BCUT2D eigenvalue weighted by molar-refractivity contribution is 0.426. The van der Waals surface area contributed by atoms with Gasteiger partial charge >= 0.3 is 7.12 Å². The molecule has 0 saturated carbocycles. The highest BCUT2D eigenvalue weighted by atomic mass is 16.4. The molecular formula is C42H32BNO2.